The number of hydrogen-bond acceptors (Lipinski definition) is 7. The van der Waals surface area contributed by atoms with Crippen LogP contribution in [0.15, 0.2) is 64.2 Å². The number of aromatic nitrogens is 3. The Morgan fingerprint density at radius 3 is 2.68 bits per heavy atom. The molecular formula is C22H20N4O4S. The van der Waals surface area contributed by atoms with Crippen LogP contribution in [0.3, 0.4) is 0 Å². The molecular weight excluding hydrogens is 416 g/mol. The normalized spacial score (nSPS) is 11.0. The third-order valence-electron chi connectivity index (χ3n) is 4.69. The smallest absolute Gasteiger partial charge is 0.322 e. The van der Waals surface area contributed by atoms with Gasteiger partial charge in [-0.25, -0.2) is 5.10 Å². The fourth-order valence-electron chi connectivity index (χ4n) is 3.16. The first-order valence-corrected chi connectivity index (χ1v) is 10.5. The zero-order valence-electron chi connectivity index (χ0n) is 16.5. The van der Waals surface area contributed by atoms with Crippen LogP contribution in [0.25, 0.3) is 10.9 Å². The van der Waals surface area contributed by atoms with Crippen molar-refractivity contribution in [3.05, 3.63) is 90.8 Å². The summed E-state index contributed by atoms with van der Waals surface area (Å²) in [5.41, 5.74) is 1.97. The second-order valence-electron chi connectivity index (χ2n) is 6.87. The molecule has 0 saturated heterocycles. The molecule has 0 aliphatic carbocycles. The number of rotatable bonds is 9. The van der Waals surface area contributed by atoms with Gasteiger partial charge in [-0.15, -0.1) is 0 Å². The molecule has 31 heavy (non-hydrogen) atoms. The average molecular weight is 436 g/mol. The first kappa shape index (κ1) is 20.7. The summed E-state index contributed by atoms with van der Waals surface area (Å²) < 4.78 is 5.83. The van der Waals surface area contributed by atoms with Gasteiger partial charge in [0, 0.05) is 41.1 Å². The molecule has 8 nitrogen and oxygen atoms in total. The van der Waals surface area contributed by atoms with Crippen LogP contribution in [0, 0.1) is 0 Å². The number of carbonyl (C=O) groups excluding carboxylic acids is 1. The molecule has 9 heteroatoms. The Bertz CT molecular complexity index is 1310. The van der Waals surface area contributed by atoms with Gasteiger partial charge in [0.05, 0.1) is 6.54 Å². The first-order valence-electron chi connectivity index (χ1n) is 9.70. The van der Waals surface area contributed by atoms with E-state index >= 15 is 0 Å². The van der Waals surface area contributed by atoms with Crippen LogP contribution < -0.4 is 20.5 Å². The van der Waals surface area contributed by atoms with Crippen molar-refractivity contribution in [2.24, 2.45) is 0 Å². The summed E-state index contributed by atoms with van der Waals surface area (Å²) >= 11 is 1.07. The molecule has 0 aliphatic rings. The van der Waals surface area contributed by atoms with Crippen LogP contribution in [0.1, 0.15) is 20.9 Å². The van der Waals surface area contributed by atoms with Gasteiger partial charge >= 0.3 is 4.87 Å². The van der Waals surface area contributed by atoms with E-state index in [2.05, 4.69) is 20.5 Å². The van der Waals surface area contributed by atoms with Gasteiger partial charge in [-0.1, -0.05) is 29.5 Å². The molecule has 4 rings (SSSR count). The summed E-state index contributed by atoms with van der Waals surface area (Å²) in [5, 5.41) is 11.0. The van der Waals surface area contributed by atoms with Gasteiger partial charge in [0.25, 0.3) is 0 Å². The topological polar surface area (TPSA) is 117 Å². The fraction of sp³-hybridized carbons (Fsp3) is 0.182. The Hall–Kier alpha value is -3.56. The zero-order valence-corrected chi connectivity index (χ0v) is 17.3. The van der Waals surface area contributed by atoms with Crippen LogP contribution >= 0.6 is 11.3 Å². The van der Waals surface area contributed by atoms with E-state index in [0.717, 1.165) is 27.8 Å². The minimum Gasteiger partial charge on any atom is -0.489 e. The molecule has 158 valence electrons. The van der Waals surface area contributed by atoms with E-state index in [1.807, 2.05) is 24.3 Å². The quantitative estimate of drug-likeness (QED) is 0.274. The monoisotopic (exact) mass is 436 g/mol. The highest BCUT2D eigenvalue weighted by Crippen LogP contribution is 2.18. The summed E-state index contributed by atoms with van der Waals surface area (Å²) in [6.45, 7) is 0.995. The summed E-state index contributed by atoms with van der Waals surface area (Å²) in [7, 11) is 0. The van der Waals surface area contributed by atoms with Crippen molar-refractivity contribution in [1.82, 2.24) is 20.5 Å². The number of pyridine rings is 1. The van der Waals surface area contributed by atoms with Crippen LogP contribution in [0.2, 0.25) is 0 Å². The number of nitrogens with one attached hydrogen (secondary N) is 3. The van der Waals surface area contributed by atoms with Crippen LogP contribution in [0.5, 0.6) is 5.75 Å². The number of H-pyrrole nitrogens is 2. The maximum absolute atomic E-state index is 12.3. The molecule has 0 spiro atoms. The predicted octanol–water partition coefficient (Wildman–Crippen LogP) is 2.27. The third-order valence-corrected chi connectivity index (χ3v) is 5.50. The highest BCUT2D eigenvalue weighted by Gasteiger charge is 2.08. The Labute approximate surface area is 180 Å². The molecule has 0 amide bonds. The van der Waals surface area contributed by atoms with Gasteiger partial charge < -0.3 is 15.0 Å². The third kappa shape index (κ3) is 5.33. The Morgan fingerprint density at radius 1 is 1.10 bits per heavy atom. The lowest BCUT2D eigenvalue weighted by molar-refractivity contribution is 0.0991. The number of fused-ring (bicyclic) bond motifs is 1. The van der Waals surface area contributed by atoms with Crippen molar-refractivity contribution in [2.45, 2.75) is 13.0 Å². The fourth-order valence-corrected chi connectivity index (χ4v) is 3.76. The average Bonchev–Trinajstić information content (AvgIpc) is 3.20. The van der Waals surface area contributed by atoms with Crippen LogP contribution in [0.4, 0.5) is 0 Å². The summed E-state index contributed by atoms with van der Waals surface area (Å²) in [6, 6.07) is 16.0. The summed E-state index contributed by atoms with van der Waals surface area (Å²) in [5.74, 6) is 0.574. The predicted molar refractivity (Wildman–Crippen MR) is 119 cm³/mol. The maximum atomic E-state index is 12.3. The number of ether oxygens (including phenoxy) is 1. The molecule has 2 aromatic carbocycles. The molecule has 2 heterocycles. The summed E-state index contributed by atoms with van der Waals surface area (Å²) in [4.78, 5) is 37.8. The van der Waals surface area contributed by atoms with E-state index in [-0.39, 0.29) is 29.4 Å². The van der Waals surface area contributed by atoms with Crippen LogP contribution in [-0.4, -0.2) is 34.1 Å². The van der Waals surface area contributed by atoms with Gasteiger partial charge in [0.15, 0.2) is 5.78 Å². The molecule has 0 aliphatic heterocycles. The molecule has 0 unspecified atom stereocenters. The number of para-hydroxylation sites is 1. The van der Waals surface area contributed by atoms with Gasteiger partial charge in [-0.05, 0) is 30.3 Å². The van der Waals surface area contributed by atoms with Crippen LogP contribution in [-0.2, 0) is 13.0 Å². The number of benzene rings is 2. The second-order valence-corrected chi connectivity index (χ2v) is 7.92. The summed E-state index contributed by atoms with van der Waals surface area (Å²) in [6.07, 6.45) is 0.584. The molecule has 2 aromatic heterocycles. The molecule has 0 bridgehead atoms. The lowest BCUT2D eigenvalue weighted by atomic mass is 10.1. The van der Waals surface area contributed by atoms with Gasteiger partial charge in [0.2, 0.25) is 5.56 Å². The molecule has 0 radical (unpaired) electrons. The Kier molecular flexibility index (Phi) is 6.34. The highest BCUT2D eigenvalue weighted by molar-refractivity contribution is 7.08. The van der Waals surface area contributed by atoms with E-state index in [4.69, 9.17) is 4.74 Å². The second kappa shape index (κ2) is 9.50. The minimum atomic E-state index is -0.180. The van der Waals surface area contributed by atoms with Gasteiger partial charge in [0.1, 0.15) is 17.4 Å². The van der Waals surface area contributed by atoms with Crippen molar-refractivity contribution < 1.29 is 9.53 Å². The van der Waals surface area contributed by atoms with E-state index in [1.54, 1.807) is 24.3 Å². The van der Waals surface area contributed by atoms with Crippen molar-refractivity contribution in [1.29, 1.82) is 0 Å². The number of carbonyl (C=O) groups is 1. The van der Waals surface area contributed by atoms with Crippen molar-refractivity contribution in [2.75, 3.05) is 13.1 Å². The minimum absolute atomic E-state index is 0.0395. The number of aromatic amines is 2. The van der Waals surface area contributed by atoms with Crippen molar-refractivity contribution in [3.63, 3.8) is 0 Å². The standard InChI is InChI=1S/C22H20N4O4S/c27-19(12-23-10-9-21-25-26-22(29)31-21)14-5-7-16(8-6-14)30-13-15-11-20(28)24-18-4-2-1-3-17(15)18/h1-8,11,23H,9-10,12-13H2,(H,24,28)(H,26,29). The molecule has 3 N–H and O–H groups in total. The zero-order chi connectivity index (χ0) is 21.6. The van der Waals surface area contributed by atoms with E-state index in [0.29, 0.717) is 29.3 Å². The first-order chi connectivity index (χ1) is 15.1. The van der Waals surface area contributed by atoms with Gasteiger partial charge in [-0.2, -0.15) is 5.10 Å². The largest absolute Gasteiger partial charge is 0.489 e. The molecule has 4 aromatic rings. The van der Waals surface area contributed by atoms with E-state index in [1.165, 1.54) is 6.07 Å². The van der Waals surface area contributed by atoms with E-state index in [9.17, 15) is 14.4 Å². The Balaban J connectivity index is 1.30. The number of ketones is 1. The number of nitrogens with zero attached hydrogens (tertiary/aromatic N) is 1. The van der Waals surface area contributed by atoms with Crippen molar-refractivity contribution >= 4 is 28.0 Å². The van der Waals surface area contributed by atoms with Gasteiger partial charge in [-0.3, -0.25) is 14.4 Å². The maximum Gasteiger partial charge on any atom is 0.322 e. The molecule has 0 atom stereocenters. The number of hydrogen-bond donors (Lipinski definition) is 3. The Morgan fingerprint density at radius 2 is 1.90 bits per heavy atom. The lowest BCUT2D eigenvalue weighted by Crippen LogP contribution is -2.25. The number of Topliss-reactive ketones (excluding diaryl/α,β-unsaturated/α-hetero) is 1. The molecule has 0 fully saturated rings. The van der Waals surface area contributed by atoms with Crippen molar-refractivity contribution in [3.8, 4) is 5.75 Å². The molecule has 0 saturated carbocycles. The highest BCUT2D eigenvalue weighted by atomic mass is 32.1. The SMILES string of the molecule is O=C(CNCCc1n[nH]c(=O)s1)c1ccc(OCc2cc(=O)[nH]c3ccccc23)cc1. The lowest BCUT2D eigenvalue weighted by Gasteiger charge is -2.09. The van der Waals surface area contributed by atoms with E-state index < -0.39 is 0 Å².